The molecule has 14 heavy (non-hydrogen) atoms. The van der Waals surface area contributed by atoms with Crippen molar-refractivity contribution >= 4 is 15.7 Å². The Balaban J connectivity index is 4.24. The highest BCUT2D eigenvalue weighted by Gasteiger charge is 2.17. The van der Waals surface area contributed by atoms with E-state index in [0.29, 0.717) is 0 Å². The highest BCUT2D eigenvalue weighted by Crippen LogP contribution is 1.94. The molecule has 0 saturated heterocycles. The fourth-order valence-corrected chi connectivity index (χ4v) is 1.89. The van der Waals surface area contributed by atoms with E-state index >= 15 is 0 Å². The molecule has 0 aromatic carbocycles. The Morgan fingerprint density at radius 2 is 2.14 bits per heavy atom. The molecule has 0 aromatic rings. The standard InChI is InChI=1S/C8H15NO4S/c1-3-6-14(12,13)7-8(11)9(2)4-5-10/h3,10H,1,4-7H2,2H3. The fraction of sp³-hybridized carbons (Fsp3) is 0.625. The number of rotatable bonds is 6. The molecular formula is C8H15NO4S. The number of nitrogens with zero attached hydrogens (tertiary/aromatic N) is 1. The maximum absolute atomic E-state index is 11.2. The van der Waals surface area contributed by atoms with Crippen LogP contribution >= 0.6 is 0 Å². The van der Waals surface area contributed by atoms with Crippen molar-refractivity contribution in [2.45, 2.75) is 0 Å². The summed E-state index contributed by atoms with van der Waals surface area (Å²) in [5, 5.41) is 8.53. The molecule has 0 fully saturated rings. The summed E-state index contributed by atoms with van der Waals surface area (Å²) in [6.45, 7) is 3.25. The fourth-order valence-electron chi connectivity index (χ4n) is 0.812. The highest BCUT2D eigenvalue weighted by molar-refractivity contribution is 7.92. The topological polar surface area (TPSA) is 74.7 Å². The molecule has 1 N–H and O–H groups in total. The smallest absolute Gasteiger partial charge is 0.237 e. The van der Waals surface area contributed by atoms with Gasteiger partial charge in [0.15, 0.2) is 9.84 Å². The Morgan fingerprint density at radius 1 is 1.57 bits per heavy atom. The number of aliphatic hydroxyl groups excluding tert-OH is 1. The van der Waals surface area contributed by atoms with Crippen molar-refractivity contribution in [3.05, 3.63) is 12.7 Å². The van der Waals surface area contributed by atoms with E-state index in [0.717, 1.165) is 0 Å². The number of likely N-dealkylation sites (N-methyl/N-ethyl adjacent to an activating group) is 1. The van der Waals surface area contributed by atoms with E-state index in [2.05, 4.69) is 6.58 Å². The van der Waals surface area contributed by atoms with Gasteiger partial charge < -0.3 is 10.0 Å². The van der Waals surface area contributed by atoms with Crippen molar-refractivity contribution in [3.63, 3.8) is 0 Å². The first-order valence-corrected chi connectivity index (χ1v) is 5.91. The maximum Gasteiger partial charge on any atom is 0.237 e. The molecule has 0 rings (SSSR count). The van der Waals surface area contributed by atoms with Gasteiger partial charge in [-0.2, -0.15) is 0 Å². The number of carbonyl (C=O) groups is 1. The number of aliphatic hydroxyl groups is 1. The molecule has 0 aliphatic heterocycles. The van der Waals surface area contributed by atoms with E-state index in [-0.39, 0.29) is 18.9 Å². The minimum Gasteiger partial charge on any atom is -0.395 e. The van der Waals surface area contributed by atoms with Gasteiger partial charge in [-0.15, -0.1) is 6.58 Å². The third-order valence-electron chi connectivity index (χ3n) is 1.58. The molecule has 0 aliphatic carbocycles. The normalized spacial score (nSPS) is 11.0. The SMILES string of the molecule is C=CCS(=O)(=O)CC(=O)N(C)CCO. The van der Waals surface area contributed by atoms with Crippen LogP contribution in [0, 0.1) is 0 Å². The maximum atomic E-state index is 11.2. The monoisotopic (exact) mass is 221 g/mol. The molecule has 0 atom stereocenters. The lowest BCUT2D eigenvalue weighted by atomic mass is 10.5. The zero-order valence-corrected chi connectivity index (χ0v) is 8.96. The quantitative estimate of drug-likeness (QED) is 0.586. The first-order valence-electron chi connectivity index (χ1n) is 4.09. The van der Waals surface area contributed by atoms with Crippen molar-refractivity contribution in [2.75, 3.05) is 31.7 Å². The molecule has 0 spiro atoms. The molecule has 0 heterocycles. The second-order valence-electron chi connectivity index (χ2n) is 2.88. The zero-order chi connectivity index (χ0) is 11.2. The van der Waals surface area contributed by atoms with Crippen LogP contribution in [0.25, 0.3) is 0 Å². The molecule has 0 bridgehead atoms. The lowest BCUT2D eigenvalue weighted by Gasteiger charge is -2.14. The summed E-state index contributed by atoms with van der Waals surface area (Å²) >= 11 is 0. The Labute approximate surface area is 83.9 Å². The van der Waals surface area contributed by atoms with Gasteiger partial charge in [0.25, 0.3) is 0 Å². The van der Waals surface area contributed by atoms with Gasteiger partial charge >= 0.3 is 0 Å². The van der Waals surface area contributed by atoms with Gasteiger partial charge in [-0.3, -0.25) is 4.79 Å². The van der Waals surface area contributed by atoms with Gasteiger partial charge in [0.05, 0.1) is 12.4 Å². The van der Waals surface area contributed by atoms with Crippen LogP contribution in [0.3, 0.4) is 0 Å². The Kier molecular flexibility index (Phi) is 5.40. The summed E-state index contributed by atoms with van der Waals surface area (Å²) in [5.74, 6) is -1.25. The van der Waals surface area contributed by atoms with Crippen molar-refractivity contribution in [1.29, 1.82) is 0 Å². The second-order valence-corrected chi connectivity index (χ2v) is 4.99. The van der Waals surface area contributed by atoms with Crippen LogP contribution in [-0.4, -0.2) is 56.0 Å². The Bertz CT molecular complexity index is 296. The minimum absolute atomic E-state index is 0.141. The van der Waals surface area contributed by atoms with Crippen LogP contribution in [0.2, 0.25) is 0 Å². The number of hydrogen-bond acceptors (Lipinski definition) is 4. The van der Waals surface area contributed by atoms with Gasteiger partial charge in [-0.25, -0.2) is 8.42 Å². The van der Waals surface area contributed by atoms with E-state index in [1.54, 1.807) is 0 Å². The summed E-state index contributed by atoms with van der Waals surface area (Å²) in [6.07, 6.45) is 1.24. The molecule has 6 heteroatoms. The Morgan fingerprint density at radius 3 is 2.57 bits per heavy atom. The van der Waals surface area contributed by atoms with Gasteiger partial charge in [0.2, 0.25) is 5.91 Å². The molecule has 0 saturated carbocycles. The lowest BCUT2D eigenvalue weighted by molar-refractivity contribution is -0.127. The lowest BCUT2D eigenvalue weighted by Crippen LogP contribution is -2.34. The third-order valence-corrected chi connectivity index (χ3v) is 3.01. The number of hydrogen-bond donors (Lipinski definition) is 1. The van der Waals surface area contributed by atoms with E-state index < -0.39 is 21.5 Å². The summed E-state index contributed by atoms with van der Waals surface area (Å²) < 4.78 is 22.3. The van der Waals surface area contributed by atoms with Crippen molar-refractivity contribution in [2.24, 2.45) is 0 Å². The summed E-state index contributed by atoms with van der Waals surface area (Å²) in [7, 11) is -1.94. The largest absolute Gasteiger partial charge is 0.395 e. The van der Waals surface area contributed by atoms with Gasteiger partial charge in [-0.1, -0.05) is 6.08 Å². The average Bonchev–Trinajstić information content (AvgIpc) is 2.03. The van der Waals surface area contributed by atoms with Crippen LogP contribution in [0.4, 0.5) is 0 Å². The van der Waals surface area contributed by atoms with Gasteiger partial charge in [0.1, 0.15) is 5.75 Å². The van der Waals surface area contributed by atoms with Crippen LogP contribution in [-0.2, 0) is 14.6 Å². The summed E-state index contributed by atoms with van der Waals surface area (Å²) in [5.41, 5.74) is 0. The van der Waals surface area contributed by atoms with Gasteiger partial charge in [0, 0.05) is 13.6 Å². The predicted molar refractivity (Wildman–Crippen MR) is 53.6 cm³/mol. The van der Waals surface area contributed by atoms with E-state index in [9.17, 15) is 13.2 Å². The molecule has 0 radical (unpaired) electrons. The first kappa shape index (κ1) is 13.1. The van der Waals surface area contributed by atoms with Crippen LogP contribution in [0.15, 0.2) is 12.7 Å². The molecular weight excluding hydrogens is 206 g/mol. The molecule has 0 unspecified atom stereocenters. The molecule has 5 nitrogen and oxygen atoms in total. The first-order chi connectivity index (χ1) is 6.43. The van der Waals surface area contributed by atoms with Crippen LogP contribution < -0.4 is 0 Å². The van der Waals surface area contributed by atoms with E-state index in [4.69, 9.17) is 5.11 Å². The number of carbonyl (C=O) groups excluding carboxylic acids is 1. The van der Waals surface area contributed by atoms with Gasteiger partial charge in [-0.05, 0) is 0 Å². The highest BCUT2D eigenvalue weighted by atomic mass is 32.2. The van der Waals surface area contributed by atoms with Crippen molar-refractivity contribution in [1.82, 2.24) is 4.90 Å². The van der Waals surface area contributed by atoms with E-state index in [1.807, 2.05) is 0 Å². The second kappa shape index (κ2) is 5.77. The van der Waals surface area contributed by atoms with Crippen molar-refractivity contribution < 1.29 is 18.3 Å². The molecule has 0 aromatic heterocycles. The van der Waals surface area contributed by atoms with Crippen molar-refractivity contribution in [3.8, 4) is 0 Å². The number of sulfone groups is 1. The zero-order valence-electron chi connectivity index (χ0n) is 8.14. The average molecular weight is 221 g/mol. The summed E-state index contributed by atoms with van der Waals surface area (Å²) in [4.78, 5) is 12.4. The summed E-state index contributed by atoms with van der Waals surface area (Å²) in [6, 6.07) is 0. The van der Waals surface area contributed by atoms with Crippen LogP contribution in [0.1, 0.15) is 0 Å². The Hall–Kier alpha value is -0.880. The molecule has 82 valence electrons. The van der Waals surface area contributed by atoms with Crippen LogP contribution in [0.5, 0.6) is 0 Å². The molecule has 0 aliphatic rings. The third kappa shape index (κ3) is 4.98. The predicted octanol–water partition coefficient (Wildman–Crippen LogP) is -0.962. The number of amides is 1. The molecule has 1 amide bonds. The van der Waals surface area contributed by atoms with E-state index in [1.165, 1.54) is 18.0 Å². The minimum atomic E-state index is -3.39.